The Hall–Kier alpha value is -3.36. The first-order chi connectivity index (χ1) is 14.2. The highest BCUT2D eigenvalue weighted by atomic mass is 35.5. The molecule has 0 aliphatic carbocycles. The van der Waals surface area contributed by atoms with Crippen LogP contribution in [0, 0.1) is 0 Å². The van der Waals surface area contributed by atoms with Crippen molar-refractivity contribution in [3.63, 3.8) is 0 Å². The fourth-order valence-corrected chi connectivity index (χ4v) is 2.48. The van der Waals surface area contributed by atoms with Crippen LogP contribution in [0.2, 0.25) is 10.0 Å². The van der Waals surface area contributed by atoms with Crippen LogP contribution in [0.5, 0.6) is 0 Å². The molecule has 8 nitrogen and oxygen atoms in total. The summed E-state index contributed by atoms with van der Waals surface area (Å²) in [5, 5.41) is 14.1. The number of esters is 1. The van der Waals surface area contributed by atoms with E-state index in [0.717, 1.165) is 6.08 Å². The number of benzene rings is 2. The van der Waals surface area contributed by atoms with Crippen molar-refractivity contribution in [3.8, 4) is 0 Å². The third-order valence-electron chi connectivity index (χ3n) is 3.63. The fourth-order valence-electron chi connectivity index (χ4n) is 2.13. The standard InChI is InChI=1S/C20H16Cl2N2O6/c1-11(19(27)28)9-16(25)23-13-7-5-12(6-8-13)20(29)30-10-17(26)24-15-4-2-3-14(21)18(15)22/h2-9H,10H2,1H3,(H,23,25)(H,24,26)(H,27,28)/b11-9+. The lowest BCUT2D eigenvalue weighted by Gasteiger charge is -2.09. The number of aliphatic carboxylic acids is 1. The molecule has 2 amide bonds. The molecule has 0 aliphatic heterocycles. The molecule has 156 valence electrons. The minimum absolute atomic E-state index is 0.120. The highest BCUT2D eigenvalue weighted by Crippen LogP contribution is 2.29. The molecule has 0 bridgehead atoms. The van der Waals surface area contributed by atoms with Gasteiger partial charge in [-0.15, -0.1) is 0 Å². The molecule has 0 spiro atoms. The maximum absolute atomic E-state index is 12.1. The van der Waals surface area contributed by atoms with E-state index in [1.807, 2.05) is 0 Å². The van der Waals surface area contributed by atoms with Crippen LogP contribution in [-0.4, -0.2) is 35.5 Å². The molecule has 0 saturated heterocycles. The Labute approximate surface area is 181 Å². The first-order valence-electron chi connectivity index (χ1n) is 8.41. The van der Waals surface area contributed by atoms with Gasteiger partial charge in [0.1, 0.15) is 0 Å². The molecule has 2 rings (SSSR count). The average molecular weight is 451 g/mol. The minimum Gasteiger partial charge on any atom is -0.478 e. The lowest BCUT2D eigenvalue weighted by molar-refractivity contribution is -0.132. The maximum atomic E-state index is 12.1. The van der Waals surface area contributed by atoms with Gasteiger partial charge in [-0.25, -0.2) is 9.59 Å². The number of halogens is 2. The van der Waals surface area contributed by atoms with Crippen LogP contribution in [0.25, 0.3) is 0 Å². The number of anilines is 2. The molecule has 2 aromatic carbocycles. The topological polar surface area (TPSA) is 122 Å². The molecule has 0 unspecified atom stereocenters. The monoisotopic (exact) mass is 450 g/mol. The summed E-state index contributed by atoms with van der Waals surface area (Å²) in [4.78, 5) is 46.4. The second kappa shape index (κ2) is 10.4. The zero-order chi connectivity index (χ0) is 22.3. The van der Waals surface area contributed by atoms with E-state index >= 15 is 0 Å². The molecular formula is C20H16Cl2N2O6. The zero-order valence-corrected chi connectivity index (χ0v) is 17.1. The molecule has 0 aliphatic rings. The third kappa shape index (κ3) is 6.61. The van der Waals surface area contributed by atoms with Crippen molar-refractivity contribution in [2.75, 3.05) is 17.2 Å². The lowest BCUT2D eigenvalue weighted by atomic mass is 10.2. The first-order valence-corrected chi connectivity index (χ1v) is 9.16. The van der Waals surface area contributed by atoms with E-state index in [1.165, 1.54) is 31.2 Å². The summed E-state index contributed by atoms with van der Waals surface area (Å²) < 4.78 is 4.94. The Kier molecular flexibility index (Phi) is 7.97. The molecule has 0 saturated carbocycles. The van der Waals surface area contributed by atoms with E-state index in [1.54, 1.807) is 18.2 Å². The maximum Gasteiger partial charge on any atom is 0.338 e. The van der Waals surface area contributed by atoms with Gasteiger partial charge in [-0.05, 0) is 43.3 Å². The minimum atomic E-state index is -1.20. The van der Waals surface area contributed by atoms with Gasteiger partial charge in [-0.3, -0.25) is 9.59 Å². The molecule has 0 heterocycles. The largest absolute Gasteiger partial charge is 0.478 e. The Morgan fingerprint density at radius 2 is 1.70 bits per heavy atom. The third-order valence-corrected chi connectivity index (χ3v) is 4.45. The van der Waals surface area contributed by atoms with Crippen molar-refractivity contribution in [2.24, 2.45) is 0 Å². The highest BCUT2D eigenvalue weighted by Gasteiger charge is 2.13. The second-order valence-electron chi connectivity index (χ2n) is 5.92. The zero-order valence-electron chi connectivity index (χ0n) is 15.6. The van der Waals surface area contributed by atoms with E-state index in [9.17, 15) is 19.2 Å². The molecule has 0 atom stereocenters. The Morgan fingerprint density at radius 3 is 2.33 bits per heavy atom. The van der Waals surface area contributed by atoms with Crippen LogP contribution in [0.4, 0.5) is 11.4 Å². The van der Waals surface area contributed by atoms with Crippen LogP contribution < -0.4 is 10.6 Å². The smallest absolute Gasteiger partial charge is 0.338 e. The van der Waals surface area contributed by atoms with E-state index in [2.05, 4.69) is 10.6 Å². The number of carboxylic acid groups (broad SMARTS) is 1. The summed E-state index contributed by atoms with van der Waals surface area (Å²) >= 11 is 11.8. The van der Waals surface area contributed by atoms with Crippen molar-refractivity contribution < 1.29 is 29.0 Å². The number of hydrogen-bond acceptors (Lipinski definition) is 5. The predicted molar refractivity (Wildman–Crippen MR) is 112 cm³/mol. The van der Waals surface area contributed by atoms with E-state index in [-0.39, 0.29) is 26.9 Å². The molecule has 0 aromatic heterocycles. The molecule has 30 heavy (non-hydrogen) atoms. The van der Waals surface area contributed by atoms with Crippen LogP contribution in [-0.2, 0) is 19.1 Å². The van der Waals surface area contributed by atoms with E-state index < -0.39 is 30.4 Å². The summed E-state index contributed by atoms with van der Waals surface area (Å²) in [6.07, 6.45) is 0.940. The van der Waals surface area contributed by atoms with Gasteiger partial charge in [-0.2, -0.15) is 0 Å². The normalized spacial score (nSPS) is 10.8. The molecule has 3 N–H and O–H groups in total. The van der Waals surface area contributed by atoms with E-state index in [0.29, 0.717) is 5.69 Å². The van der Waals surface area contributed by atoms with Gasteiger partial charge in [0.15, 0.2) is 6.61 Å². The van der Waals surface area contributed by atoms with Crippen molar-refractivity contribution >= 4 is 58.3 Å². The number of amides is 2. The van der Waals surface area contributed by atoms with Gasteiger partial charge < -0.3 is 20.5 Å². The quantitative estimate of drug-likeness (QED) is 0.435. The number of carboxylic acids is 1. The number of ether oxygens (including phenoxy) is 1. The van der Waals surface area contributed by atoms with Gasteiger partial charge in [-0.1, -0.05) is 29.3 Å². The van der Waals surface area contributed by atoms with Gasteiger partial charge in [0.25, 0.3) is 5.91 Å². The van der Waals surface area contributed by atoms with Crippen molar-refractivity contribution in [1.29, 1.82) is 0 Å². The first kappa shape index (κ1) is 22.9. The molecule has 10 heteroatoms. The van der Waals surface area contributed by atoms with Crippen LogP contribution in [0.3, 0.4) is 0 Å². The number of carbonyl (C=O) groups is 4. The van der Waals surface area contributed by atoms with Gasteiger partial charge in [0.05, 0.1) is 21.3 Å². The summed E-state index contributed by atoms with van der Waals surface area (Å²) in [6.45, 7) is 0.747. The molecule has 0 radical (unpaired) electrons. The summed E-state index contributed by atoms with van der Waals surface area (Å²) in [6, 6.07) is 10.4. The molecular weight excluding hydrogens is 435 g/mol. The predicted octanol–water partition coefficient (Wildman–Crippen LogP) is 3.76. The van der Waals surface area contributed by atoms with E-state index in [4.69, 9.17) is 33.0 Å². The van der Waals surface area contributed by atoms with Gasteiger partial charge in [0, 0.05) is 17.3 Å². The number of nitrogens with one attached hydrogen (secondary N) is 2. The summed E-state index contributed by atoms with van der Waals surface area (Å²) in [5.74, 6) is -3.18. The Bertz CT molecular complexity index is 1020. The Morgan fingerprint density at radius 1 is 1.03 bits per heavy atom. The Balaban J connectivity index is 1.89. The molecule has 0 fully saturated rings. The van der Waals surface area contributed by atoms with Crippen LogP contribution >= 0.6 is 23.2 Å². The number of rotatable bonds is 7. The van der Waals surface area contributed by atoms with Crippen LogP contribution in [0.15, 0.2) is 54.1 Å². The van der Waals surface area contributed by atoms with Gasteiger partial charge in [0.2, 0.25) is 5.91 Å². The fraction of sp³-hybridized carbons (Fsp3) is 0.100. The van der Waals surface area contributed by atoms with Crippen LogP contribution in [0.1, 0.15) is 17.3 Å². The number of carbonyl (C=O) groups excluding carboxylic acids is 3. The van der Waals surface area contributed by atoms with Crippen molar-refractivity contribution in [2.45, 2.75) is 6.92 Å². The summed E-state index contributed by atoms with van der Waals surface area (Å²) in [7, 11) is 0. The van der Waals surface area contributed by atoms with Crippen molar-refractivity contribution in [3.05, 3.63) is 69.7 Å². The summed E-state index contributed by atoms with van der Waals surface area (Å²) in [5.41, 5.74) is 0.667. The number of hydrogen-bond donors (Lipinski definition) is 3. The highest BCUT2D eigenvalue weighted by molar-refractivity contribution is 6.44. The second-order valence-corrected chi connectivity index (χ2v) is 6.71. The lowest BCUT2D eigenvalue weighted by Crippen LogP contribution is -2.21. The average Bonchev–Trinajstić information content (AvgIpc) is 2.70. The SMILES string of the molecule is C/C(=C\C(=O)Nc1ccc(C(=O)OCC(=O)Nc2cccc(Cl)c2Cl)cc1)C(=O)O. The van der Waals surface area contributed by atoms with Gasteiger partial charge >= 0.3 is 11.9 Å². The van der Waals surface area contributed by atoms with Crippen molar-refractivity contribution in [1.82, 2.24) is 0 Å². The molecule has 2 aromatic rings.